The van der Waals surface area contributed by atoms with E-state index in [2.05, 4.69) is 19.9 Å². The molecule has 46 heavy (non-hydrogen) atoms. The molecule has 222 valence electrons. The third-order valence-corrected chi connectivity index (χ3v) is 7.62. The predicted octanol–water partition coefficient (Wildman–Crippen LogP) is 8.08. The van der Waals surface area contributed by atoms with Crippen LogP contribution in [-0.2, 0) is 0 Å². The summed E-state index contributed by atoms with van der Waals surface area (Å²) < 4.78 is 12.1. The highest BCUT2D eigenvalue weighted by Crippen LogP contribution is 2.43. The Balaban J connectivity index is 1.42. The fraction of sp³-hybridized carbons (Fsp3) is 0.0526. The average molecular weight is 601 g/mol. The van der Waals surface area contributed by atoms with Crippen LogP contribution in [0.2, 0.25) is 0 Å². The number of ether oxygens (including phenoxy) is 2. The zero-order chi connectivity index (χ0) is 31.3. The molecule has 8 nitrogen and oxygen atoms in total. The van der Waals surface area contributed by atoms with Crippen LogP contribution in [0.15, 0.2) is 135 Å². The summed E-state index contributed by atoms with van der Waals surface area (Å²) in [4.78, 5) is 27.2. The molecule has 0 spiro atoms. The Bertz CT molecular complexity index is 1840. The molecule has 7 aromatic rings. The number of nitrogens with zero attached hydrogens (tertiary/aromatic N) is 6. The maximum Gasteiger partial charge on any atom is 0.127 e. The maximum atomic E-state index is 6.05. The topological polar surface area (TPSA) is 95.8 Å². The zero-order valence-corrected chi connectivity index (χ0v) is 25.2. The van der Waals surface area contributed by atoms with E-state index in [9.17, 15) is 0 Å². The van der Waals surface area contributed by atoms with E-state index in [1.54, 1.807) is 39.0 Å². The fourth-order valence-corrected chi connectivity index (χ4v) is 5.37. The van der Waals surface area contributed by atoms with E-state index in [0.29, 0.717) is 11.5 Å². The van der Waals surface area contributed by atoms with Gasteiger partial charge < -0.3 is 9.47 Å². The van der Waals surface area contributed by atoms with Gasteiger partial charge in [-0.05, 0) is 96.1 Å². The molecule has 0 atom stereocenters. The molecule has 0 saturated carbocycles. The van der Waals surface area contributed by atoms with Crippen molar-refractivity contribution in [3.63, 3.8) is 0 Å². The summed E-state index contributed by atoms with van der Waals surface area (Å²) in [7, 11) is 3.35. The van der Waals surface area contributed by atoms with Crippen LogP contribution >= 0.6 is 0 Å². The van der Waals surface area contributed by atoms with Gasteiger partial charge in [-0.2, -0.15) is 0 Å². The second-order valence-electron chi connectivity index (χ2n) is 10.5. The van der Waals surface area contributed by atoms with Crippen LogP contribution in [0.5, 0.6) is 11.5 Å². The van der Waals surface area contributed by atoms with Gasteiger partial charge in [0.25, 0.3) is 0 Å². The van der Waals surface area contributed by atoms with Crippen LogP contribution in [0.25, 0.3) is 67.3 Å². The molecule has 0 aliphatic heterocycles. The summed E-state index contributed by atoms with van der Waals surface area (Å²) in [6.45, 7) is 0. The lowest BCUT2D eigenvalue weighted by atomic mass is 9.95. The van der Waals surface area contributed by atoms with Gasteiger partial charge in [-0.3, -0.25) is 19.9 Å². The first-order chi connectivity index (χ1) is 22.7. The summed E-state index contributed by atoms with van der Waals surface area (Å²) in [6.07, 6.45) is 14.2. The molecule has 0 bridgehead atoms. The monoisotopic (exact) mass is 600 g/mol. The van der Waals surface area contributed by atoms with Crippen molar-refractivity contribution in [3.05, 3.63) is 135 Å². The summed E-state index contributed by atoms with van der Waals surface area (Å²) in [5, 5.41) is 0. The maximum absolute atomic E-state index is 6.05. The van der Waals surface area contributed by atoms with Gasteiger partial charge >= 0.3 is 0 Å². The highest BCUT2D eigenvalue weighted by molar-refractivity contribution is 5.86. The first kappa shape index (κ1) is 28.5. The van der Waals surface area contributed by atoms with Crippen LogP contribution in [0, 0.1) is 0 Å². The first-order valence-electron chi connectivity index (χ1n) is 14.6. The first-order valence-corrected chi connectivity index (χ1v) is 14.6. The van der Waals surface area contributed by atoms with Crippen molar-refractivity contribution in [2.75, 3.05) is 14.2 Å². The van der Waals surface area contributed by atoms with Gasteiger partial charge in [-0.15, -0.1) is 0 Å². The SMILES string of the molecule is COc1cc(-c2cc(-c3cccnc3)nc(-c3cccnc3)c2)c(OC)cc1-c1cc(-c2cccnc2)nc(-c2cccnc2)c1. The van der Waals surface area contributed by atoms with Crippen LogP contribution in [0.4, 0.5) is 0 Å². The van der Waals surface area contributed by atoms with E-state index in [1.807, 2.05) is 110 Å². The van der Waals surface area contributed by atoms with Crippen molar-refractivity contribution in [1.82, 2.24) is 29.9 Å². The molecule has 0 radical (unpaired) electrons. The molecule has 0 saturated heterocycles. The van der Waals surface area contributed by atoms with E-state index in [0.717, 1.165) is 67.3 Å². The Morgan fingerprint density at radius 2 is 0.696 bits per heavy atom. The van der Waals surface area contributed by atoms with Crippen LogP contribution in [-0.4, -0.2) is 44.1 Å². The van der Waals surface area contributed by atoms with Gasteiger partial charge in [0.1, 0.15) is 11.5 Å². The van der Waals surface area contributed by atoms with E-state index in [4.69, 9.17) is 19.4 Å². The summed E-state index contributed by atoms with van der Waals surface area (Å²) in [5.74, 6) is 1.36. The molecule has 6 heterocycles. The van der Waals surface area contributed by atoms with Crippen LogP contribution in [0.3, 0.4) is 0 Å². The lowest BCUT2D eigenvalue weighted by Crippen LogP contribution is -1.97. The van der Waals surface area contributed by atoms with E-state index in [-0.39, 0.29) is 0 Å². The number of benzene rings is 1. The van der Waals surface area contributed by atoms with Gasteiger partial charge in [0, 0.05) is 83.0 Å². The Kier molecular flexibility index (Phi) is 7.90. The fourth-order valence-electron chi connectivity index (χ4n) is 5.37. The molecular weight excluding hydrogens is 572 g/mol. The number of hydrogen-bond donors (Lipinski definition) is 0. The summed E-state index contributed by atoms with van der Waals surface area (Å²) in [6, 6.07) is 27.8. The predicted molar refractivity (Wildman–Crippen MR) is 179 cm³/mol. The largest absolute Gasteiger partial charge is 0.496 e. The highest BCUT2D eigenvalue weighted by atomic mass is 16.5. The van der Waals surface area contributed by atoms with Crippen molar-refractivity contribution < 1.29 is 9.47 Å². The van der Waals surface area contributed by atoms with Crippen LogP contribution in [0.1, 0.15) is 0 Å². The molecule has 0 fully saturated rings. The molecule has 0 aliphatic carbocycles. The summed E-state index contributed by atoms with van der Waals surface area (Å²) >= 11 is 0. The zero-order valence-electron chi connectivity index (χ0n) is 25.2. The minimum absolute atomic E-state index is 0.680. The summed E-state index contributed by atoms with van der Waals surface area (Å²) in [5.41, 5.74) is 10.3. The Morgan fingerprint density at radius 3 is 0.935 bits per heavy atom. The number of hydrogen-bond acceptors (Lipinski definition) is 8. The van der Waals surface area contributed by atoms with E-state index < -0.39 is 0 Å². The third kappa shape index (κ3) is 5.79. The van der Waals surface area contributed by atoms with Gasteiger partial charge in [-0.25, -0.2) is 9.97 Å². The number of aromatic nitrogens is 6. The third-order valence-electron chi connectivity index (χ3n) is 7.62. The van der Waals surface area contributed by atoms with Gasteiger partial charge in [0.05, 0.1) is 37.0 Å². The van der Waals surface area contributed by atoms with E-state index in [1.165, 1.54) is 0 Å². The number of rotatable bonds is 8. The smallest absolute Gasteiger partial charge is 0.127 e. The quantitative estimate of drug-likeness (QED) is 0.173. The standard InChI is InChI=1S/C38H28N6O2/c1-45-37-19-32(30-17-35(27-9-5-13-41-23-27)44-36(18-30)28-10-6-14-42-24-28)38(46-2)20-31(37)29-15-33(25-7-3-11-39-21-25)43-34(16-29)26-8-4-12-40-22-26/h3-24H,1-2H3. The van der Waals surface area contributed by atoms with E-state index >= 15 is 0 Å². The molecule has 0 aliphatic rings. The molecule has 0 amide bonds. The lowest BCUT2D eigenvalue weighted by Gasteiger charge is -2.18. The van der Waals surface area contributed by atoms with Crippen molar-refractivity contribution in [2.45, 2.75) is 0 Å². The van der Waals surface area contributed by atoms with Gasteiger partial charge in [0.15, 0.2) is 0 Å². The van der Waals surface area contributed by atoms with Crippen molar-refractivity contribution in [3.8, 4) is 78.8 Å². The Morgan fingerprint density at radius 1 is 0.391 bits per heavy atom. The second-order valence-corrected chi connectivity index (χ2v) is 10.5. The van der Waals surface area contributed by atoms with Gasteiger partial charge in [-0.1, -0.05) is 0 Å². The second kappa shape index (κ2) is 12.8. The molecule has 8 heteroatoms. The molecular formula is C38H28N6O2. The minimum Gasteiger partial charge on any atom is -0.496 e. The van der Waals surface area contributed by atoms with Crippen LogP contribution < -0.4 is 9.47 Å². The molecule has 6 aromatic heterocycles. The molecule has 1 aromatic carbocycles. The number of pyridine rings is 6. The van der Waals surface area contributed by atoms with Crippen molar-refractivity contribution >= 4 is 0 Å². The van der Waals surface area contributed by atoms with Gasteiger partial charge in [0.2, 0.25) is 0 Å². The van der Waals surface area contributed by atoms with Crippen molar-refractivity contribution in [1.29, 1.82) is 0 Å². The molecule has 0 N–H and O–H groups in total. The normalized spacial score (nSPS) is 10.8. The van der Waals surface area contributed by atoms with Crippen molar-refractivity contribution in [2.24, 2.45) is 0 Å². The Labute approximate surface area is 266 Å². The highest BCUT2D eigenvalue weighted by Gasteiger charge is 2.19. The Hall–Kier alpha value is -6.28. The lowest BCUT2D eigenvalue weighted by molar-refractivity contribution is 0.406. The minimum atomic E-state index is 0.680. The average Bonchev–Trinajstić information content (AvgIpc) is 3.15. The molecule has 0 unspecified atom stereocenters. The molecule has 7 rings (SSSR count). The number of methoxy groups -OCH3 is 2.